The van der Waals surface area contributed by atoms with Gasteiger partial charge in [-0.3, -0.25) is 0 Å². The summed E-state index contributed by atoms with van der Waals surface area (Å²) in [5.74, 6) is -0.836. The molecule has 0 radical (unpaired) electrons. The second kappa shape index (κ2) is 4.96. The molecule has 18 heavy (non-hydrogen) atoms. The molecule has 2 rings (SSSR count). The molecule has 0 spiro atoms. The summed E-state index contributed by atoms with van der Waals surface area (Å²) in [6, 6.07) is 4.50. The van der Waals surface area contributed by atoms with Crippen molar-refractivity contribution in [2.24, 2.45) is 5.41 Å². The molecule has 0 saturated heterocycles. The van der Waals surface area contributed by atoms with E-state index >= 15 is 0 Å². The van der Waals surface area contributed by atoms with Crippen LogP contribution >= 0.6 is 0 Å². The molecule has 3 atom stereocenters. The highest BCUT2D eigenvalue weighted by Crippen LogP contribution is 2.55. The Kier molecular flexibility index (Phi) is 3.71. The van der Waals surface area contributed by atoms with E-state index in [1.54, 1.807) is 0 Å². The molecule has 1 aliphatic carbocycles. The van der Waals surface area contributed by atoms with Crippen molar-refractivity contribution in [1.29, 1.82) is 0 Å². The molecule has 3 unspecified atom stereocenters. The third-order valence-electron chi connectivity index (χ3n) is 4.62. The van der Waals surface area contributed by atoms with Crippen LogP contribution in [0.3, 0.4) is 0 Å². The maximum absolute atomic E-state index is 13.9. The molecule has 1 saturated carbocycles. The summed E-state index contributed by atoms with van der Waals surface area (Å²) in [4.78, 5) is 0. The van der Waals surface area contributed by atoms with Gasteiger partial charge in [-0.2, -0.15) is 0 Å². The molecule has 3 heteroatoms. The van der Waals surface area contributed by atoms with E-state index in [-0.39, 0.29) is 16.9 Å². The van der Waals surface area contributed by atoms with Gasteiger partial charge >= 0.3 is 0 Å². The van der Waals surface area contributed by atoms with Gasteiger partial charge in [0.05, 0.1) is 0 Å². The predicted molar refractivity (Wildman–Crippen MR) is 69.6 cm³/mol. The highest BCUT2D eigenvalue weighted by molar-refractivity contribution is 5.30. The Balaban J connectivity index is 2.30. The Morgan fingerprint density at radius 3 is 2.39 bits per heavy atom. The summed E-state index contributed by atoms with van der Waals surface area (Å²) in [7, 11) is 0. The first kappa shape index (κ1) is 13.5. The first-order valence-electron chi connectivity index (χ1n) is 6.71. The average Bonchev–Trinajstić information content (AvgIpc) is 2.35. The molecule has 0 heterocycles. The minimum Gasteiger partial charge on any atom is -0.314 e. The lowest BCUT2D eigenvalue weighted by atomic mass is 9.54. The molecular weight excluding hydrogens is 232 g/mol. The lowest BCUT2D eigenvalue weighted by Crippen LogP contribution is -2.57. The number of halogens is 2. The van der Waals surface area contributed by atoms with Crippen molar-refractivity contribution in [3.05, 3.63) is 35.4 Å². The molecule has 0 aliphatic heterocycles. The fraction of sp³-hybridized carbons (Fsp3) is 0.600. The summed E-state index contributed by atoms with van der Waals surface area (Å²) in [5, 5.41) is 3.42. The van der Waals surface area contributed by atoms with E-state index in [0.29, 0.717) is 6.04 Å². The summed E-state index contributed by atoms with van der Waals surface area (Å²) in [6.07, 6.45) is 1.74. The van der Waals surface area contributed by atoms with Crippen LogP contribution in [0.4, 0.5) is 8.78 Å². The minimum atomic E-state index is -0.408. The van der Waals surface area contributed by atoms with Gasteiger partial charge in [-0.05, 0) is 42.9 Å². The van der Waals surface area contributed by atoms with Crippen molar-refractivity contribution in [2.45, 2.75) is 45.6 Å². The highest BCUT2D eigenvalue weighted by atomic mass is 19.1. The molecule has 0 amide bonds. The fourth-order valence-corrected chi connectivity index (χ4v) is 3.20. The minimum absolute atomic E-state index is 0.0206. The Morgan fingerprint density at radius 2 is 1.89 bits per heavy atom. The molecule has 1 fully saturated rings. The molecule has 1 aliphatic rings. The van der Waals surface area contributed by atoms with E-state index in [4.69, 9.17) is 0 Å². The van der Waals surface area contributed by atoms with Gasteiger partial charge < -0.3 is 5.32 Å². The number of hydrogen-bond donors (Lipinski definition) is 1. The van der Waals surface area contributed by atoms with Crippen LogP contribution in [0.1, 0.15) is 45.1 Å². The largest absolute Gasteiger partial charge is 0.314 e. The van der Waals surface area contributed by atoms with E-state index in [1.807, 2.05) is 0 Å². The molecule has 100 valence electrons. The van der Waals surface area contributed by atoms with Crippen LogP contribution in [0, 0.1) is 17.0 Å². The maximum atomic E-state index is 13.9. The van der Waals surface area contributed by atoms with Crippen LogP contribution < -0.4 is 5.32 Å². The van der Waals surface area contributed by atoms with Gasteiger partial charge in [0.2, 0.25) is 0 Å². The van der Waals surface area contributed by atoms with Crippen LogP contribution in [0.5, 0.6) is 0 Å². The zero-order valence-electron chi connectivity index (χ0n) is 11.3. The Hall–Kier alpha value is -0.960. The van der Waals surface area contributed by atoms with Crippen LogP contribution in [0.15, 0.2) is 18.2 Å². The second-order valence-corrected chi connectivity index (χ2v) is 5.39. The number of rotatable bonds is 4. The number of hydrogen-bond acceptors (Lipinski definition) is 1. The van der Waals surface area contributed by atoms with Crippen molar-refractivity contribution in [2.75, 3.05) is 6.54 Å². The Labute approximate surface area is 108 Å². The van der Waals surface area contributed by atoms with E-state index in [1.165, 1.54) is 18.2 Å². The summed E-state index contributed by atoms with van der Waals surface area (Å²) in [5.41, 5.74) is 0.218. The predicted octanol–water partition coefficient (Wildman–Crippen LogP) is 3.85. The van der Waals surface area contributed by atoms with Gasteiger partial charge in [0.1, 0.15) is 11.6 Å². The molecule has 1 N–H and O–H groups in total. The topological polar surface area (TPSA) is 12.0 Å². The number of benzene rings is 1. The van der Waals surface area contributed by atoms with Crippen LogP contribution in [-0.2, 0) is 0 Å². The van der Waals surface area contributed by atoms with Crippen molar-refractivity contribution in [1.82, 2.24) is 5.32 Å². The van der Waals surface area contributed by atoms with Crippen LogP contribution in [0.25, 0.3) is 0 Å². The highest BCUT2D eigenvalue weighted by Gasteiger charge is 2.51. The van der Waals surface area contributed by atoms with E-state index in [2.05, 4.69) is 26.1 Å². The monoisotopic (exact) mass is 253 g/mol. The Morgan fingerprint density at radius 1 is 1.28 bits per heavy atom. The van der Waals surface area contributed by atoms with Crippen molar-refractivity contribution in [3.63, 3.8) is 0 Å². The van der Waals surface area contributed by atoms with Gasteiger partial charge in [-0.15, -0.1) is 0 Å². The molecule has 1 aromatic rings. The van der Waals surface area contributed by atoms with Crippen molar-refractivity contribution in [3.8, 4) is 0 Å². The molecule has 1 nitrogen and oxygen atoms in total. The first-order valence-corrected chi connectivity index (χ1v) is 6.71. The van der Waals surface area contributed by atoms with Crippen molar-refractivity contribution >= 4 is 0 Å². The standard InChI is InChI=1S/C15H21F2N/c1-4-15(3)10(9-13(15)18-5-2)14-11(16)7-6-8-12(14)17/h6-8,10,13,18H,4-5,9H2,1-3H3. The smallest absolute Gasteiger partial charge is 0.129 e. The zero-order chi connectivity index (χ0) is 13.3. The SMILES string of the molecule is CCNC1CC(c2c(F)cccc2F)C1(C)CC. The lowest BCUT2D eigenvalue weighted by molar-refractivity contribution is 0.0413. The normalized spacial score (nSPS) is 31.2. The van der Waals surface area contributed by atoms with Crippen LogP contribution in [0.2, 0.25) is 0 Å². The van der Waals surface area contributed by atoms with Gasteiger partial charge in [-0.1, -0.05) is 26.8 Å². The zero-order valence-corrected chi connectivity index (χ0v) is 11.3. The molecule has 0 bridgehead atoms. The van der Waals surface area contributed by atoms with Gasteiger partial charge in [0, 0.05) is 11.6 Å². The third-order valence-corrected chi connectivity index (χ3v) is 4.62. The summed E-state index contributed by atoms with van der Waals surface area (Å²) in [6.45, 7) is 7.18. The number of nitrogens with one attached hydrogen (secondary N) is 1. The van der Waals surface area contributed by atoms with Gasteiger partial charge in [0.15, 0.2) is 0 Å². The maximum Gasteiger partial charge on any atom is 0.129 e. The Bertz CT molecular complexity index is 412. The molecule has 1 aromatic carbocycles. The van der Waals surface area contributed by atoms with Gasteiger partial charge in [0.25, 0.3) is 0 Å². The average molecular weight is 253 g/mol. The molecular formula is C15H21F2N. The van der Waals surface area contributed by atoms with E-state index in [0.717, 1.165) is 19.4 Å². The summed E-state index contributed by atoms with van der Waals surface area (Å²) < 4.78 is 27.7. The van der Waals surface area contributed by atoms with Crippen LogP contribution in [-0.4, -0.2) is 12.6 Å². The second-order valence-electron chi connectivity index (χ2n) is 5.39. The molecule has 0 aromatic heterocycles. The lowest BCUT2D eigenvalue weighted by Gasteiger charge is -2.54. The van der Waals surface area contributed by atoms with Crippen molar-refractivity contribution < 1.29 is 8.78 Å². The fourth-order valence-electron chi connectivity index (χ4n) is 3.20. The third kappa shape index (κ3) is 1.95. The van der Waals surface area contributed by atoms with Gasteiger partial charge in [-0.25, -0.2) is 8.78 Å². The quantitative estimate of drug-likeness (QED) is 0.859. The van der Waals surface area contributed by atoms with E-state index in [9.17, 15) is 8.78 Å². The first-order chi connectivity index (χ1) is 8.54. The summed E-state index contributed by atoms with van der Waals surface area (Å²) >= 11 is 0. The van der Waals surface area contributed by atoms with E-state index < -0.39 is 11.6 Å².